The minimum atomic E-state index is -0.920. The third-order valence-electron chi connectivity index (χ3n) is 3.10. The molecule has 3 N–H and O–H groups in total. The number of carboxylic acid groups (broad SMARTS) is 1. The van der Waals surface area contributed by atoms with Gasteiger partial charge in [0.1, 0.15) is 0 Å². The molecule has 0 fully saturated rings. The van der Waals surface area contributed by atoms with Gasteiger partial charge in [-0.3, -0.25) is 5.10 Å². The standard InChI is InChI=1S/C15H13N3O2S/c19-15(20)10-3-5-12(6-4-10)16-8-11-9-17-18-14(11)13-2-1-7-21-13/h1-7,9,16H,8H2,(H,17,18)(H,19,20). The minimum absolute atomic E-state index is 0.281. The van der Waals surface area contributed by atoms with E-state index in [1.807, 2.05) is 17.5 Å². The van der Waals surface area contributed by atoms with E-state index in [1.54, 1.807) is 41.8 Å². The minimum Gasteiger partial charge on any atom is -0.478 e. The second-order valence-electron chi connectivity index (χ2n) is 4.48. The number of carboxylic acids is 1. The third-order valence-corrected chi connectivity index (χ3v) is 3.99. The summed E-state index contributed by atoms with van der Waals surface area (Å²) in [5, 5.41) is 21.3. The van der Waals surface area contributed by atoms with Crippen LogP contribution < -0.4 is 5.32 Å². The molecule has 0 saturated heterocycles. The predicted octanol–water partition coefficient (Wildman–Crippen LogP) is 3.45. The van der Waals surface area contributed by atoms with Crippen molar-refractivity contribution in [3.63, 3.8) is 0 Å². The second kappa shape index (κ2) is 5.80. The average molecular weight is 299 g/mol. The third kappa shape index (κ3) is 2.95. The van der Waals surface area contributed by atoms with Crippen LogP contribution in [0.3, 0.4) is 0 Å². The van der Waals surface area contributed by atoms with E-state index in [0.29, 0.717) is 6.54 Å². The van der Waals surface area contributed by atoms with Crippen molar-refractivity contribution in [3.05, 3.63) is 59.1 Å². The highest BCUT2D eigenvalue weighted by molar-refractivity contribution is 7.13. The highest BCUT2D eigenvalue weighted by Crippen LogP contribution is 2.26. The highest BCUT2D eigenvalue weighted by Gasteiger charge is 2.08. The number of benzene rings is 1. The molecule has 0 aliphatic rings. The lowest BCUT2D eigenvalue weighted by atomic mass is 10.2. The van der Waals surface area contributed by atoms with E-state index in [4.69, 9.17) is 5.11 Å². The summed E-state index contributed by atoms with van der Waals surface area (Å²) in [5.41, 5.74) is 3.24. The van der Waals surface area contributed by atoms with Crippen LogP contribution in [0.1, 0.15) is 15.9 Å². The molecule has 2 heterocycles. The largest absolute Gasteiger partial charge is 0.478 e. The van der Waals surface area contributed by atoms with Crippen LogP contribution in [0.25, 0.3) is 10.6 Å². The van der Waals surface area contributed by atoms with Crippen molar-refractivity contribution in [1.29, 1.82) is 0 Å². The Bertz CT molecular complexity index is 733. The van der Waals surface area contributed by atoms with E-state index in [9.17, 15) is 4.79 Å². The topological polar surface area (TPSA) is 78.0 Å². The maximum absolute atomic E-state index is 10.8. The lowest BCUT2D eigenvalue weighted by Gasteiger charge is -2.06. The highest BCUT2D eigenvalue weighted by atomic mass is 32.1. The number of carbonyl (C=O) groups is 1. The summed E-state index contributed by atoms with van der Waals surface area (Å²) in [6, 6.07) is 10.7. The van der Waals surface area contributed by atoms with E-state index in [-0.39, 0.29) is 5.56 Å². The van der Waals surface area contributed by atoms with E-state index in [2.05, 4.69) is 15.5 Å². The number of hydrogen-bond acceptors (Lipinski definition) is 4. The fourth-order valence-electron chi connectivity index (χ4n) is 2.01. The Morgan fingerprint density at radius 2 is 2.10 bits per heavy atom. The first-order valence-corrected chi connectivity index (χ1v) is 7.25. The maximum Gasteiger partial charge on any atom is 0.335 e. The predicted molar refractivity (Wildman–Crippen MR) is 82.6 cm³/mol. The lowest BCUT2D eigenvalue weighted by Crippen LogP contribution is -2.01. The van der Waals surface area contributed by atoms with Crippen LogP contribution in [0, 0.1) is 0 Å². The quantitative estimate of drug-likeness (QED) is 0.674. The molecule has 2 aromatic heterocycles. The zero-order chi connectivity index (χ0) is 14.7. The summed E-state index contributed by atoms with van der Waals surface area (Å²) in [5.74, 6) is -0.920. The summed E-state index contributed by atoms with van der Waals surface area (Å²) < 4.78 is 0. The Balaban J connectivity index is 1.71. The molecule has 0 spiro atoms. The van der Waals surface area contributed by atoms with Gasteiger partial charge in [-0.05, 0) is 35.7 Å². The summed E-state index contributed by atoms with van der Waals surface area (Å²) in [4.78, 5) is 11.9. The molecular formula is C15H13N3O2S. The van der Waals surface area contributed by atoms with Gasteiger partial charge in [0, 0.05) is 17.8 Å². The molecule has 3 rings (SSSR count). The molecule has 0 radical (unpaired) electrons. The first-order valence-electron chi connectivity index (χ1n) is 6.37. The van der Waals surface area contributed by atoms with E-state index in [0.717, 1.165) is 21.8 Å². The molecule has 3 aromatic rings. The van der Waals surface area contributed by atoms with E-state index in [1.165, 1.54) is 0 Å². The Morgan fingerprint density at radius 1 is 1.29 bits per heavy atom. The molecular weight excluding hydrogens is 286 g/mol. The molecule has 5 nitrogen and oxygen atoms in total. The molecule has 0 atom stereocenters. The Labute approximate surface area is 125 Å². The van der Waals surface area contributed by atoms with Gasteiger partial charge < -0.3 is 10.4 Å². The molecule has 21 heavy (non-hydrogen) atoms. The number of thiophene rings is 1. The monoisotopic (exact) mass is 299 g/mol. The van der Waals surface area contributed by atoms with Crippen molar-refractivity contribution < 1.29 is 9.90 Å². The van der Waals surface area contributed by atoms with E-state index >= 15 is 0 Å². The number of aromatic nitrogens is 2. The summed E-state index contributed by atoms with van der Waals surface area (Å²) in [7, 11) is 0. The number of nitrogens with one attached hydrogen (secondary N) is 2. The van der Waals surface area contributed by atoms with Crippen molar-refractivity contribution in [2.75, 3.05) is 5.32 Å². The van der Waals surface area contributed by atoms with Crippen LogP contribution in [0.5, 0.6) is 0 Å². The van der Waals surface area contributed by atoms with Crippen LogP contribution in [0.15, 0.2) is 48.0 Å². The summed E-state index contributed by atoms with van der Waals surface area (Å²) >= 11 is 1.66. The van der Waals surface area contributed by atoms with Crippen LogP contribution in [-0.4, -0.2) is 21.3 Å². The number of rotatable bonds is 5. The van der Waals surface area contributed by atoms with Gasteiger partial charge >= 0.3 is 5.97 Å². The van der Waals surface area contributed by atoms with Crippen molar-refractivity contribution in [3.8, 4) is 10.6 Å². The van der Waals surface area contributed by atoms with Crippen LogP contribution in [-0.2, 0) is 6.54 Å². The zero-order valence-corrected chi connectivity index (χ0v) is 11.9. The van der Waals surface area contributed by atoms with Gasteiger partial charge in [0.2, 0.25) is 0 Å². The van der Waals surface area contributed by atoms with Crippen molar-refractivity contribution >= 4 is 23.0 Å². The molecule has 0 unspecified atom stereocenters. The van der Waals surface area contributed by atoms with Crippen LogP contribution >= 0.6 is 11.3 Å². The smallest absolute Gasteiger partial charge is 0.335 e. The van der Waals surface area contributed by atoms with Crippen molar-refractivity contribution in [2.45, 2.75) is 6.54 Å². The fourth-order valence-corrected chi connectivity index (χ4v) is 2.76. The fraction of sp³-hybridized carbons (Fsp3) is 0.0667. The molecule has 106 valence electrons. The number of anilines is 1. The number of aromatic amines is 1. The van der Waals surface area contributed by atoms with Gasteiger partial charge in [-0.2, -0.15) is 5.10 Å². The van der Waals surface area contributed by atoms with Crippen LogP contribution in [0.4, 0.5) is 5.69 Å². The summed E-state index contributed by atoms with van der Waals surface area (Å²) in [6.07, 6.45) is 1.80. The molecule has 0 amide bonds. The number of hydrogen-bond donors (Lipinski definition) is 3. The molecule has 1 aromatic carbocycles. The SMILES string of the molecule is O=C(O)c1ccc(NCc2cn[nH]c2-c2cccs2)cc1. The molecule has 0 aliphatic carbocycles. The van der Waals surface area contributed by atoms with Crippen molar-refractivity contribution in [2.24, 2.45) is 0 Å². The number of nitrogens with zero attached hydrogens (tertiary/aromatic N) is 1. The van der Waals surface area contributed by atoms with Crippen molar-refractivity contribution in [1.82, 2.24) is 10.2 Å². The van der Waals surface area contributed by atoms with Gasteiger partial charge in [0.05, 0.1) is 22.3 Å². The Kier molecular flexibility index (Phi) is 3.70. The molecule has 0 aliphatic heterocycles. The zero-order valence-electron chi connectivity index (χ0n) is 11.0. The first kappa shape index (κ1) is 13.4. The Morgan fingerprint density at radius 3 is 2.76 bits per heavy atom. The van der Waals surface area contributed by atoms with Crippen LogP contribution in [0.2, 0.25) is 0 Å². The Hall–Kier alpha value is -2.60. The first-order chi connectivity index (χ1) is 10.2. The number of aromatic carboxylic acids is 1. The number of H-pyrrole nitrogens is 1. The normalized spacial score (nSPS) is 10.5. The van der Waals surface area contributed by atoms with Gasteiger partial charge in [-0.1, -0.05) is 6.07 Å². The van der Waals surface area contributed by atoms with Gasteiger partial charge in [0.25, 0.3) is 0 Å². The average Bonchev–Trinajstić information content (AvgIpc) is 3.16. The van der Waals surface area contributed by atoms with Gasteiger partial charge in [-0.25, -0.2) is 4.79 Å². The summed E-state index contributed by atoms with van der Waals surface area (Å²) in [6.45, 7) is 0.621. The second-order valence-corrected chi connectivity index (χ2v) is 5.43. The lowest BCUT2D eigenvalue weighted by molar-refractivity contribution is 0.0697. The molecule has 0 saturated carbocycles. The maximum atomic E-state index is 10.8. The van der Waals surface area contributed by atoms with Gasteiger partial charge in [0.15, 0.2) is 0 Å². The van der Waals surface area contributed by atoms with Gasteiger partial charge in [-0.15, -0.1) is 11.3 Å². The molecule has 0 bridgehead atoms. The molecule has 6 heteroatoms. The van der Waals surface area contributed by atoms with E-state index < -0.39 is 5.97 Å².